The predicted octanol–water partition coefficient (Wildman–Crippen LogP) is 4.62. The number of nitrogens with zero attached hydrogens (tertiary/aromatic N) is 1. The number of methoxy groups -OCH3 is 1. The van der Waals surface area contributed by atoms with Crippen molar-refractivity contribution in [3.63, 3.8) is 0 Å². The van der Waals surface area contributed by atoms with E-state index in [1.807, 2.05) is 24.3 Å². The van der Waals surface area contributed by atoms with E-state index in [9.17, 15) is 9.59 Å². The number of hydrogen-bond acceptors (Lipinski definition) is 5. The summed E-state index contributed by atoms with van der Waals surface area (Å²) in [6.07, 6.45) is 0. The number of hydrogen-bond donors (Lipinski definition) is 2. The number of aromatic carboxylic acids is 1. The molecule has 0 saturated carbocycles. The van der Waals surface area contributed by atoms with Gasteiger partial charge in [0.2, 0.25) is 5.55 Å². The molecule has 1 aromatic heterocycles. The van der Waals surface area contributed by atoms with Crippen LogP contribution in [0.1, 0.15) is 20.7 Å². The number of ether oxygens (including phenoxy) is 1. The molecule has 4 rings (SSSR count). The molecule has 0 aliphatic carbocycles. The summed E-state index contributed by atoms with van der Waals surface area (Å²) in [5.41, 5.74) is 1.97. The number of para-hydroxylation sites is 2. The van der Waals surface area contributed by atoms with Gasteiger partial charge in [0.15, 0.2) is 11.3 Å². The molecule has 0 bridgehead atoms. The first-order valence-electron chi connectivity index (χ1n) is 9.40. The summed E-state index contributed by atoms with van der Waals surface area (Å²) in [5, 5.41) is 12.6. The van der Waals surface area contributed by atoms with E-state index in [4.69, 9.17) is 14.3 Å². The van der Waals surface area contributed by atoms with Crippen molar-refractivity contribution >= 4 is 34.2 Å². The Bertz CT molecular complexity index is 1330. The summed E-state index contributed by atoms with van der Waals surface area (Å²) in [5.74, 6) is -0.916. The van der Waals surface area contributed by atoms with Gasteiger partial charge < -0.3 is 19.6 Å². The molecule has 0 unspecified atom stereocenters. The van der Waals surface area contributed by atoms with Crippen LogP contribution in [0.25, 0.3) is 11.0 Å². The zero-order valence-electron chi connectivity index (χ0n) is 16.5. The quantitative estimate of drug-likeness (QED) is 0.496. The second-order valence-corrected chi connectivity index (χ2v) is 6.63. The third-order valence-corrected chi connectivity index (χ3v) is 4.58. The van der Waals surface area contributed by atoms with E-state index >= 15 is 0 Å². The van der Waals surface area contributed by atoms with E-state index < -0.39 is 5.97 Å². The Balaban J connectivity index is 1.86. The van der Waals surface area contributed by atoms with Gasteiger partial charge in [-0.05, 0) is 48.5 Å². The molecule has 1 heterocycles. The van der Waals surface area contributed by atoms with Crippen molar-refractivity contribution in [2.24, 2.45) is 4.99 Å². The molecule has 0 atom stereocenters. The highest BCUT2D eigenvalue weighted by Crippen LogP contribution is 2.25. The van der Waals surface area contributed by atoms with Gasteiger partial charge in [0.25, 0.3) is 5.91 Å². The van der Waals surface area contributed by atoms with E-state index in [1.54, 1.807) is 42.5 Å². The molecule has 7 nitrogen and oxygen atoms in total. The number of nitrogens with one attached hydrogen (secondary N) is 1. The Kier molecular flexibility index (Phi) is 5.49. The number of amides is 1. The lowest BCUT2D eigenvalue weighted by atomic mass is 10.1. The molecule has 0 radical (unpaired) electrons. The Morgan fingerprint density at radius 2 is 1.71 bits per heavy atom. The average molecular weight is 414 g/mol. The van der Waals surface area contributed by atoms with E-state index in [0.717, 1.165) is 0 Å². The number of carbonyl (C=O) groups excluding carboxylic acids is 1. The maximum Gasteiger partial charge on any atom is 0.335 e. The van der Waals surface area contributed by atoms with Crippen molar-refractivity contribution in [1.82, 2.24) is 0 Å². The zero-order valence-corrected chi connectivity index (χ0v) is 16.5. The first-order chi connectivity index (χ1) is 15.0. The summed E-state index contributed by atoms with van der Waals surface area (Å²) in [7, 11) is 1.53. The number of benzene rings is 3. The number of rotatable bonds is 5. The van der Waals surface area contributed by atoms with Crippen LogP contribution in [-0.4, -0.2) is 24.1 Å². The SMILES string of the molecule is COc1cccc2cc(C(=O)Nc3ccccc3)c(=Nc3ccc(C(=O)O)cc3)oc12. The fraction of sp³-hybridized carbons (Fsp3) is 0.0417. The second-order valence-electron chi connectivity index (χ2n) is 6.63. The molecule has 0 aliphatic rings. The highest BCUT2D eigenvalue weighted by Gasteiger charge is 2.15. The molecule has 3 aromatic carbocycles. The van der Waals surface area contributed by atoms with Crippen LogP contribution in [0, 0.1) is 0 Å². The van der Waals surface area contributed by atoms with Crippen LogP contribution in [0.3, 0.4) is 0 Å². The monoisotopic (exact) mass is 414 g/mol. The van der Waals surface area contributed by atoms with Crippen molar-refractivity contribution < 1.29 is 23.8 Å². The lowest BCUT2D eigenvalue weighted by Gasteiger charge is -2.09. The molecule has 1 amide bonds. The van der Waals surface area contributed by atoms with Gasteiger partial charge in [-0.1, -0.05) is 30.3 Å². The normalized spacial score (nSPS) is 11.3. The van der Waals surface area contributed by atoms with E-state index in [-0.39, 0.29) is 22.6 Å². The molecule has 0 saturated heterocycles. The van der Waals surface area contributed by atoms with Crippen molar-refractivity contribution in [2.75, 3.05) is 12.4 Å². The lowest BCUT2D eigenvalue weighted by Crippen LogP contribution is -2.21. The molecule has 0 fully saturated rings. The molecule has 0 aliphatic heterocycles. The minimum absolute atomic E-state index is 0.0773. The Morgan fingerprint density at radius 1 is 0.968 bits per heavy atom. The Morgan fingerprint density at radius 3 is 2.39 bits per heavy atom. The summed E-state index contributed by atoms with van der Waals surface area (Å²) < 4.78 is 11.4. The van der Waals surface area contributed by atoms with Gasteiger partial charge in [0.05, 0.1) is 18.4 Å². The maximum atomic E-state index is 13.0. The number of carbonyl (C=O) groups is 2. The first kappa shape index (κ1) is 19.9. The van der Waals surface area contributed by atoms with Gasteiger partial charge in [-0.15, -0.1) is 0 Å². The zero-order chi connectivity index (χ0) is 21.8. The third kappa shape index (κ3) is 4.30. The highest BCUT2D eigenvalue weighted by atomic mass is 16.5. The van der Waals surface area contributed by atoms with Gasteiger partial charge >= 0.3 is 5.97 Å². The maximum absolute atomic E-state index is 13.0. The third-order valence-electron chi connectivity index (χ3n) is 4.58. The molecule has 7 heteroatoms. The first-order valence-corrected chi connectivity index (χ1v) is 9.40. The van der Waals surface area contributed by atoms with Crippen molar-refractivity contribution in [1.29, 1.82) is 0 Å². The number of anilines is 1. The minimum atomic E-state index is -1.03. The van der Waals surface area contributed by atoms with Gasteiger partial charge in [-0.25, -0.2) is 9.79 Å². The fourth-order valence-electron chi connectivity index (χ4n) is 3.05. The topological polar surface area (TPSA) is 101 Å². The molecule has 154 valence electrons. The van der Waals surface area contributed by atoms with Gasteiger partial charge in [0, 0.05) is 11.1 Å². The number of carboxylic acids is 1. The fourth-order valence-corrected chi connectivity index (χ4v) is 3.05. The number of fused-ring (bicyclic) bond motifs is 1. The predicted molar refractivity (Wildman–Crippen MR) is 116 cm³/mol. The summed E-state index contributed by atoms with van der Waals surface area (Å²) in [6, 6.07) is 22.1. The van der Waals surface area contributed by atoms with Gasteiger partial charge in [-0.2, -0.15) is 0 Å². The van der Waals surface area contributed by atoms with Crippen LogP contribution in [-0.2, 0) is 0 Å². The van der Waals surface area contributed by atoms with Crippen LogP contribution in [0.4, 0.5) is 11.4 Å². The van der Waals surface area contributed by atoms with Crippen LogP contribution in [0.15, 0.2) is 88.3 Å². The van der Waals surface area contributed by atoms with Crippen LogP contribution in [0.5, 0.6) is 5.75 Å². The molecule has 31 heavy (non-hydrogen) atoms. The van der Waals surface area contributed by atoms with Crippen molar-refractivity contribution in [3.05, 3.63) is 95.5 Å². The van der Waals surface area contributed by atoms with Gasteiger partial charge in [-0.3, -0.25) is 4.79 Å². The standard InChI is InChI=1S/C24H18N2O5/c1-30-20-9-5-6-16-14-19(22(27)25-17-7-3-2-4-8-17)23(31-21(16)20)26-18-12-10-15(11-13-18)24(28)29/h2-14H,1H3,(H,25,27)(H,28,29). The van der Waals surface area contributed by atoms with E-state index in [2.05, 4.69) is 10.3 Å². The van der Waals surface area contributed by atoms with Crippen LogP contribution in [0.2, 0.25) is 0 Å². The largest absolute Gasteiger partial charge is 0.493 e. The summed E-state index contributed by atoms with van der Waals surface area (Å²) >= 11 is 0. The lowest BCUT2D eigenvalue weighted by molar-refractivity contribution is 0.0696. The van der Waals surface area contributed by atoms with E-state index in [1.165, 1.54) is 19.2 Å². The van der Waals surface area contributed by atoms with Crippen LogP contribution >= 0.6 is 0 Å². The molecule has 4 aromatic rings. The molecular weight excluding hydrogens is 396 g/mol. The second kappa shape index (κ2) is 8.54. The van der Waals surface area contributed by atoms with Crippen molar-refractivity contribution in [2.45, 2.75) is 0 Å². The molecular formula is C24H18N2O5. The Hall–Kier alpha value is -4.39. The molecule has 0 spiro atoms. The Labute approximate surface area is 177 Å². The average Bonchev–Trinajstić information content (AvgIpc) is 2.79. The van der Waals surface area contributed by atoms with Crippen molar-refractivity contribution in [3.8, 4) is 5.75 Å². The highest BCUT2D eigenvalue weighted by molar-refractivity contribution is 6.05. The minimum Gasteiger partial charge on any atom is -0.493 e. The summed E-state index contributed by atoms with van der Waals surface area (Å²) in [4.78, 5) is 28.6. The smallest absolute Gasteiger partial charge is 0.335 e. The summed E-state index contributed by atoms with van der Waals surface area (Å²) in [6.45, 7) is 0. The van der Waals surface area contributed by atoms with E-state index in [0.29, 0.717) is 28.1 Å². The number of carboxylic acid groups (broad SMARTS) is 1. The molecule has 2 N–H and O–H groups in total. The van der Waals surface area contributed by atoms with Crippen LogP contribution < -0.4 is 15.6 Å². The van der Waals surface area contributed by atoms with Gasteiger partial charge in [0.1, 0.15) is 5.56 Å².